The fraction of sp³-hybridized carbons (Fsp3) is 0.421. The first-order valence-corrected chi connectivity index (χ1v) is 9.67. The quantitative estimate of drug-likeness (QED) is 0.798. The molecule has 3 amide bonds. The Morgan fingerprint density at radius 3 is 2.37 bits per heavy atom. The summed E-state index contributed by atoms with van der Waals surface area (Å²) in [6, 6.07) is 4.41. The smallest absolute Gasteiger partial charge is 0.312 e. The molecular formula is C19H22FN3O3S. The number of carbonyl (C=O) groups is 3. The minimum atomic E-state index is -0.618. The molecule has 1 aliphatic rings. The zero-order valence-corrected chi connectivity index (χ0v) is 16.4. The minimum Gasteiger partial charge on any atom is -0.346 e. The highest BCUT2D eigenvalue weighted by Crippen LogP contribution is 2.32. The van der Waals surface area contributed by atoms with Crippen molar-refractivity contribution < 1.29 is 18.8 Å². The van der Waals surface area contributed by atoms with Crippen molar-refractivity contribution in [3.8, 4) is 0 Å². The van der Waals surface area contributed by atoms with E-state index in [4.69, 9.17) is 0 Å². The number of carbonyl (C=O) groups excluding carboxylic acids is 3. The van der Waals surface area contributed by atoms with Crippen LogP contribution in [0.15, 0.2) is 18.2 Å². The van der Waals surface area contributed by atoms with Crippen LogP contribution in [0, 0.1) is 12.7 Å². The summed E-state index contributed by atoms with van der Waals surface area (Å²) in [5.74, 6) is -1.63. The van der Waals surface area contributed by atoms with Crippen LogP contribution in [-0.2, 0) is 9.59 Å². The van der Waals surface area contributed by atoms with E-state index in [1.807, 2.05) is 6.92 Å². The molecule has 0 atom stereocenters. The monoisotopic (exact) mass is 391 g/mol. The van der Waals surface area contributed by atoms with E-state index in [1.54, 1.807) is 24.8 Å². The molecule has 1 aromatic carbocycles. The van der Waals surface area contributed by atoms with Crippen LogP contribution in [0.2, 0.25) is 0 Å². The molecule has 1 saturated heterocycles. The predicted octanol–water partition coefficient (Wildman–Crippen LogP) is 2.16. The van der Waals surface area contributed by atoms with E-state index in [0.29, 0.717) is 31.1 Å². The number of aryl methyl sites for hydroxylation is 1. The lowest BCUT2D eigenvalue weighted by molar-refractivity contribution is -0.147. The van der Waals surface area contributed by atoms with Crippen LogP contribution >= 0.6 is 11.3 Å². The number of piperazine rings is 1. The number of amides is 3. The lowest BCUT2D eigenvalue weighted by Gasteiger charge is -2.34. The highest BCUT2D eigenvalue weighted by Gasteiger charge is 2.29. The first kappa shape index (κ1) is 19.3. The van der Waals surface area contributed by atoms with Crippen molar-refractivity contribution in [3.05, 3.63) is 34.5 Å². The van der Waals surface area contributed by atoms with Gasteiger partial charge in [0.15, 0.2) is 0 Å². The standard InChI is InChI=1S/C19H22FN3O3S/c1-11(2)21-17(24)19(26)23-8-6-22(7-9-23)18(25)16-12(3)14-10-13(20)4-5-15(14)27-16/h4-5,10-11H,6-9H2,1-3H3,(H,21,24). The van der Waals surface area contributed by atoms with Gasteiger partial charge in [-0.15, -0.1) is 11.3 Å². The number of fused-ring (bicyclic) bond motifs is 1. The van der Waals surface area contributed by atoms with E-state index in [9.17, 15) is 18.8 Å². The van der Waals surface area contributed by atoms with Crippen LogP contribution < -0.4 is 5.32 Å². The van der Waals surface area contributed by atoms with Crippen LogP contribution in [0.25, 0.3) is 10.1 Å². The summed E-state index contributed by atoms with van der Waals surface area (Å²) in [5.41, 5.74) is 0.773. The first-order chi connectivity index (χ1) is 12.8. The summed E-state index contributed by atoms with van der Waals surface area (Å²) in [5, 5.41) is 3.34. The summed E-state index contributed by atoms with van der Waals surface area (Å²) in [6.45, 7) is 6.76. The molecule has 1 aliphatic heterocycles. The molecule has 0 bridgehead atoms. The Morgan fingerprint density at radius 1 is 1.11 bits per heavy atom. The van der Waals surface area contributed by atoms with Crippen LogP contribution in [0.1, 0.15) is 29.1 Å². The highest BCUT2D eigenvalue weighted by atomic mass is 32.1. The van der Waals surface area contributed by atoms with E-state index in [2.05, 4.69) is 5.32 Å². The van der Waals surface area contributed by atoms with Crippen molar-refractivity contribution >= 4 is 39.1 Å². The maximum absolute atomic E-state index is 13.5. The number of benzene rings is 1. The van der Waals surface area contributed by atoms with Crippen molar-refractivity contribution in [1.82, 2.24) is 15.1 Å². The SMILES string of the molecule is Cc1c(C(=O)N2CCN(C(=O)C(=O)NC(C)C)CC2)sc2ccc(F)cc12. The topological polar surface area (TPSA) is 69.7 Å². The second-order valence-electron chi connectivity index (χ2n) is 6.91. The average molecular weight is 391 g/mol. The van der Waals surface area contributed by atoms with Gasteiger partial charge in [0.2, 0.25) is 0 Å². The molecule has 2 heterocycles. The third-order valence-corrected chi connectivity index (χ3v) is 5.82. The van der Waals surface area contributed by atoms with Crippen LogP contribution in [0.5, 0.6) is 0 Å². The number of nitrogens with zero attached hydrogens (tertiary/aromatic N) is 2. The predicted molar refractivity (Wildman–Crippen MR) is 102 cm³/mol. The van der Waals surface area contributed by atoms with Gasteiger partial charge in [0.25, 0.3) is 5.91 Å². The van der Waals surface area contributed by atoms with Gasteiger partial charge >= 0.3 is 11.8 Å². The molecule has 2 aromatic rings. The van der Waals surface area contributed by atoms with Gasteiger partial charge in [-0.2, -0.15) is 0 Å². The Morgan fingerprint density at radius 2 is 1.74 bits per heavy atom. The van der Waals surface area contributed by atoms with Gasteiger partial charge in [0, 0.05) is 36.9 Å². The minimum absolute atomic E-state index is 0.106. The normalized spacial score (nSPS) is 14.7. The molecule has 1 fully saturated rings. The van der Waals surface area contributed by atoms with Crippen molar-refractivity contribution in [2.75, 3.05) is 26.2 Å². The Kier molecular flexibility index (Phi) is 5.46. The summed E-state index contributed by atoms with van der Waals surface area (Å²) in [7, 11) is 0. The summed E-state index contributed by atoms with van der Waals surface area (Å²) >= 11 is 1.35. The molecule has 144 valence electrons. The first-order valence-electron chi connectivity index (χ1n) is 8.85. The van der Waals surface area contributed by atoms with E-state index in [0.717, 1.165) is 15.6 Å². The Balaban J connectivity index is 1.68. The number of rotatable bonds is 2. The van der Waals surface area contributed by atoms with E-state index in [-0.39, 0.29) is 17.8 Å². The highest BCUT2D eigenvalue weighted by molar-refractivity contribution is 7.21. The molecule has 1 aromatic heterocycles. The van der Waals surface area contributed by atoms with Gasteiger partial charge in [-0.1, -0.05) is 0 Å². The van der Waals surface area contributed by atoms with E-state index < -0.39 is 11.8 Å². The Labute approximate surface area is 160 Å². The van der Waals surface area contributed by atoms with Crippen molar-refractivity contribution in [1.29, 1.82) is 0 Å². The molecule has 0 spiro atoms. The molecule has 1 N–H and O–H groups in total. The maximum atomic E-state index is 13.5. The molecule has 0 unspecified atom stereocenters. The lowest BCUT2D eigenvalue weighted by atomic mass is 10.1. The second kappa shape index (κ2) is 7.64. The molecule has 0 saturated carbocycles. The van der Waals surface area contributed by atoms with Gasteiger partial charge in [0.05, 0.1) is 4.88 Å². The Bertz CT molecular complexity index is 901. The molecule has 3 rings (SSSR count). The fourth-order valence-corrected chi connectivity index (χ4v) is 4.28. The number of nitrogens with one attached hydrogen (secondary N) is 1. The third-order valence-electron chi connectivity index (χ3n) is 4.56. The van der Waals surface area contributed by atoms with E-state index in [1.165, 1.54) is 28.4 Å². The van der Waals surface area contributed by atoms with Crippen molar-refractivity contribution in [2.24, 2.45) is 0 Å². The average Bonchev–Trinajstić information content (AvgIpc) is 2.96. The molecule has 8 heteroatoms. The summed E-state index contributed by atoms with van der Waals surface area (Å²) < 4.78 is 14.4. The van der Waals surface area contributed by atoms with Gasteiger partial charge < -0.3 is 15.1 Å². The molecule has 0 radical (unpaired) electrons. The molecular weight excluding hydrogens is 369 g/mol. The van der Waals surface area contributed by atoms with Crippen molar-refractivity contribution in [3.63, 3.8) is 0 Å². The number of hydrogen-bond acceptors (Lipinski definition) is 4. The lowest BCUT2D eigenvalue weighted by Crippen LogP contribution is -2.54. The maximum Gasteiger partial charge on any atom is 0.312 e. The largest absolute Gasteiger partial charge is 0.346 e. The zero-order valence-electron chi connectivity index (χ0n) is 15.5. The number of halogens is 1. The summed E-state index contributed by atoms with van der Waals surface area (Å²) in [4.78, 5) is 40.6. The molecule has 6 nitrogen and oxygen atoms in total. The number of thiophene rings is 1. The second-order valence-corrected chi connectivity index (χ2v) is 7.96. The van der Waals surface area contributed by atoms with Crippen LogP contribution in [0.4, 0.5) is 4.39 Å². The van der Waals surface area contributed by atoms with Gasteiger partial charge in [-0.3, -0.25) is 14.4 Å². The van der Waals surface area contributed by atoms with Crippen LogP contribution in [0.3, 0.4) is 0 Å². The zero-order chi connectivity index (χ0) is 19.7. The number of hydrogen-bond donors (Lipinski definition) is 1. The molecule has 0 aliphatic carbocycles. The summed E-state index contributed by atoms with van der Waals surface area (Å²) in [6.07, 6.45) is 0. The van der Waals surface area contributed by atoms with Gasteiger partial charge in [-0.05, 0) is 49.9 Å². The third kappa shape index (κ3) is 3.95. The fourth-order valence-electron chi connectivity index (χ4n) is 3.12. The van der Waals surface area contributed by atoms with Gasteiger partial charge in [0.1, 0.15) is 5.82 Å². The Hall–Kier alpha value is -2.48. The van der Waals surface area contributed by atoms with Crippen LogP contribution in [-0.4, -0.2) is 59.7 Å². The van der Waals surface area contributed by atoms with Gasteiger partial charge in [-0.25, -0.2) is 4.39 Å². The van der Waals surface area contributed by atoms with E-state index >= 15 is 0 Å². The molecule has 27 heavy (non-hydrogen) atoms. The van der Waals surface area contributed by atoms with Crippen molar-refractivity contribution in [2.45, 2.75) is 26.8 Å².